The number of fused-ring (bicyclic) bond motifs is 1. The maximum atomic E-state index is 12.8. The summed E-state index contributed by atoms with van der Waals surface area (Å²) in [5, 5.41) is 39.3. The summed E-state index contributed by atoms with van der Waals surface area (Å²) in [6, 6.07) is 0. The zero-order valence-corrected chi connectivity index (χ0v) is 18.8. The summed E-state index contributed by atoms with van der Waals surface area (Å²) in [6.07, 6.45) is 1.39. The molecule has 7 heteroatoms. The van der Waals surface area contributed by atoms with Crippen molar-refractivity contribution in [3.8, 4) is 0 Å². The number of esters is 1. The maximum Gasteiger partial charge on any atom is 0.332 e. The third-order valence-corrected chi connectivity index (χ3v) is 7.57. The van der Waals surface area contributed by atoms with Gasteiger partial charge in [0.15, 0.2) is 6.10 Å². The molecule has 0 aromatic carbocycles. The fourth-order valence-corrected chi connectivity index (χ4v) is 5.20. The van der Waals surface area contributed by atoms with E-state index in [1.165, 1.54) is 0 Å². The van der Waals surface area contributed by atoms with Crippen LogP contribution < -0.4 is 0 Å². The normalized spacial score (nSPS) is 34.0. The van der Waals surface area contributed by atoms with Crippen molar-refractivity contribution in [3.05, 3.63) is 0 Å². The molecule has 2 aliphatic rings. The number of carbonyl (C=O) groups is 2. The van der Waals surface area contributed by atoms with Gasteiger partial charge in [0.1, 0.15) is 6.10 Å². The Hall–Kier alpha value is -1.18. The van der Waals surface area contributed by atoms with Gasteiger partial charge in [-0.15, -0.1) is 0 Å². The second kappa shape index (κ2) is 10.4. The van der Waals surface area contributed by atoms with E-state index in [-0.39, 0.29) is 42.7 Å². The summed E-state index contributed by atoms with van der Waals surface area (Å²) in [6.45, 7) is 7.84. The Balaban J connectivity index is 2.13. The number of hydrogen-bond donors (Lipinski definition) is 4. The predicted molar refractivity (Wildman–Crippen MR) is 112 cm³/mol. The van der Waals surface area contributed by atoms with Crippen molar-refractivity contribution in [1.82, 2.24) is 0 Å². The van der Waals surface area contributed by atoms with E-state index in [4.69, 9.17) is 9.84 Å². The minimum absolute atomic E-state index is 0.00745. The Morgan fingerprint density at radius 2 is 1.80 bits per heavy atom. The molecule has 0 aromatic heterocycles. The average Bonchev–Trinajstić information content (AvgIpc) is 2.67. The lowest BCUT2D eigenvalue weighted by molar-refractivity contribution is -0.176. The number of hydrogen-bond acceptors (Lipinski definition) is 6. The summed E-state index contributed by atoms with van der Waals surface area (Å²) >= 11 is 0. The lowest BCUT2D eigenvalue weighted by atomic mass is 9.59. The van der Waals surface area contributed by atoms with Crippen LogP contribution in [0.4, 0.5) is 0 Å². The van der Waals surface area contributed by atoms with Gasteiger partial charge in [0.25, 0.3) is 0 Å². The Labute approximate surface area is 179 Å². The zero-order valence-electron chi connectivity index (χ0n) is 18.8. The Morgan fingerprint density at radius 3 is 2.40 bits per heavy atom. The number of carboxylic acid groups (broad SMARTS) is 1. The van der Waals surface area contributed by atoms with Crippen molar-refractivity contribution in [3.63, 3.8) is 0 Å². The first-order valence-corrected chi connectivity index (χ1v) is 11.4. The molecular weight excluding hydrogens is 388 g/mol. The van der Waals surface area contributed by atoms with E-state index in [9.17, 15) is 24.9 Å². The van der Waals surface area contributed by atoms with Crippen molar-refractivity contribution in [1.29, 1.82) is 0 Å². The van der Waals surface area contributed by atoms with Crippen LogP contribution in [-0.2, 0) is 14.3 Å². The van der Waals surface area contributed by atoms with Crippen LogP contribution in [0.2, 0.25) is 0 Å². The van der Waals surface area contributed by atoms with Gasteiger partial charge in [0, 0.05) is 12.3 Å². The molecule has 0 saturated heterocycles. The second-order valence-electron chi connectivity index (χ2n) is 10.2. The summed E-state index contributed by atoms with van der Waals surface area (Å²) in [5.74, 6) is -0.746. The largest absolute Gasteiger partial charge is 0.479 e. The molecule has 0 aromatic rings. The van der Waals surface area contributed by atoms with Crippen molar-refractivity contribution in [2.45, 2.75) is 103 Å². The Kier molecular flexibility index (Phi) is 8.71. The maximum absolute atomic E-state index is 12.8. The van der Waals surface area contributed by atoms with Crippen LogP contribution >= 0.6 is 0 Å². The van der Waals surface area contributed by atoms with Crippen LogP contribution in [0.15, 0.2) is 0 Å². The van der Waals surface area contributed by atoms with E-state index >= 15 is 0 Å². The fourth-order valence-electron chi connectivity index (χ4n) is 5.20. The molecule has 0 unspecified atom stereocenters. The monoisotopic (exact) mass is 428 g/mol. The van der Waals surface area contributed by atoms with Crippen molar-refractivity contribution < 1.29 is 34.8 Å². The van der Waals surface area contributed by atoms with Crippen molar-refractivity contribution in [2.24, 2.45) is 29.1 Å². The molecule has 7 nitrogen and oxygen atoms in total. The van der Waals surface area contributed by atoms with E-state index in [2.05, 4.69) is 6.92 Å². The van der Waals surface area contributed by atoms with E-state index in [0.29, 0.717) is 31.6 Å². The molecule has 2 aliphatic carbocycles. The number of carbonyl (C=O) groups excluding carboxylic acids is 1. The van der Waals surface area contributed by atoms with Gasteiger partial charge in [-0.3, -0.25) is 4.79 Å². The zero-order chi connectivity index (χ0) is 22.6. The van der Waals surface area contributed by atoms with Gasteiger partial charge >= 0.3 is 11.9 Å². The summed E-state index contributed by atoms with van der Waals surface area (Å²) in [7, 11) is 0. The lowest BCUT2D eigenvalue weighted by Gasteiger charge is -2.50. The molecule has 30 heavy (non-hydrogen) atoms. The average molecular weight is 429 g/mol. The molecule has 0 radical (unpaired) electrons. The number of aliphatic carboxylic acids is 1. The minimum atomic E-state index is -1.47. The van der Waals surface area contributed by atoms with Crippen LogP contribution in [0.5, 0.6) is 0 Å². The topological polar surface area (TPSA) is 124 Å². The number of aliphatic hydroxyl groups is 3. The molecular formula is C23H40O7. The molecule has 2 saturated carbocycles. The van der Waals surface area contributed by atoms with Crippen molar-refractivity contribution >= 4 is 11.9 Å². The Bertz CT molecular complexity index is 590. The molecule has 0 heterocycles. The van der Waals surface area contributed by atoms with Gasteiger partial charge in [-0.05, 0) is 70.1 Å². The van der Waals surface area contributed by atoms with Gasteiger partial charge in [-0.25, -0.2) is 4.79 Å². The molecule has 174 valence electrons. The standard InChI is InChI=1S/C23H40O7/c1-5-23(3,4)22(29)30-19-12-16(25)10-14-7-6-13(2)17(20(14)19)11-15(24)8-9-18(26)21(27)28/h13-20,24-26H,5-12H2,1-4H3,(H,27,28)/t13-,14-,15+,16-,17-,18-,19-,20-/m0/s1. The molecule has 0 bridgehead atoms. The summed E-state index contributed by atoms with van der Waals surface area (Å²) in [4.78, 5) is 23.6. The fraction of sp³-hybridized carbons (Fsp3) is 0.913. The highest BCUT2D eigenvalue weighted by Gasteiger charge is 2.48. The quantitative estimate of drug-likeness (QED) is 0.416. The molecule has 2 fully saturated rings. The first-order chi connectivity index (χ1) is 14.0. The number of aliphatic hydroxyl groups excluding tert-OH is 3. The summed E-state index contributed by atoms with van der Waals surface area (Å²) < 4.78 is 5.98. The van der Waals surface area contributed by atoms with Crippen molar-refractivity contribution in [2.75, 3.05) is 0 Å². The first kappa shape index (κ1) is 25.1. The number of ether oxygens (including phenoxy) is 1. The van der Waals surface area contributed by atoms with E-state index < -0.39 is 29.7 Å². The number of rotatable bonds is 9. The van der Waals surface area contributed by atoms with E-state index in [1.54, 1.807) is 0 Å². The predicted octanol–water partition coefficient (Wildman–Crippen LogP) is 2.74. The van der Waals surface area contributed by atoms with E-state index in [1.807, 2.05) is 20.8 Å². The smallest absolute Gasteiger partial charge is 0.332 e. The third kappa shape index (κ3) is 6.17. The number of carboxylic acids is 1. The molecule has 0 spiro atoms. The molecule has 0 aliphatic heterocycles. The minimum Gasteiger partial charge on any atom is -0.479 e. The lowest BCUT2D eigenvalue weighted by Crippen LogP contribution is -2.50. The molecule has 0 amide bonds. The highest BCUT2D eigenvalue weighted by Crippen LogP contribution is 2.49. The SMILES string of the molecule is CCC(C)(C)C(=O)O[C@H]1C[C@@H](O)C[C@@H]2CC[C@H](C)[C@H](C[C@H](O)CC[C@H](O)C(=O)O)[C@H]21. The Morgan fingerprint density at radius 1 is 1.13 bits per heavy atom. The first-order valence-electron chi connectivity index (χ1n) is 11.4. The second-order valence-corrected chi connectivity index (χ2v) is 10.2. The van der Waals surface area contributed by atoms with Gasteiger partial charge in [0.2, 0.25) is 0 Å². The van der Waals surface area contributed by atoms with Crippen LogP contribution in [0.3, 0.4) is 0 Å². The van der Waals surface area contributed by atoms with Crippen LogP contribution in [-0.4, -0.2) is 56.8 Å². The van der Waals surface area contributed by atoms with Gasteiger partial charge in [-0.1, -0.05) is 20.3 Å². The van der Waals surface area contributed by atoms with Gasteiger partial charge in [0.05, 0.1) is 17.6 Å². The van der Waals surface area contributed by atoms with Crippen LogP contribution in [0.25, 0.3) is 0 Å². The molecule has 8 atom stereocenters. The highest BCUT2D eigenvalue weighted by atomic mass is 16.5. The van der Waals surface area contributed by atoms with Crippen LogP contribution in [0, 0.1) is 29.1 Å². The van der Waals surface area contributed by atoms with E-state index in [0.717, 1.165) is 12.8 Å². The summed E-state index contributed by atoms with van der Waals surface area (Å²) in [5.41, 5.74) is -0.583. The molecule has 4 N–H and O–H groups in total. The third-order valence-electron chi connectivity index (χ3n) is 7.57. The van der Waals surface area contributed by atoms with Gasteiger partial charge < -0.3 is 25.2 Å². The van der Waals surface area contributed by atoms with Crippen LogP contribution in [0.1, 0.15) is 79.1 Å². The molecule has 2 rings (SSSR count). The highest BCUT2D eigenvalue weighted by molar-refractivity contribution is 5.76. The van der Waals surface area contributed by atoms with Gasteiger partial charge in [-0.2, -0.15) is 0 Å².